The second-order valence-electron chi connectivity index (χ2n) is 4.87. The van der Waals surface area contributed by atoms with E-state index >= 15 is 0 Å². The predicted molar refractivity (Wildman–Crippen MR) is 92.6 cm³/mol. The topological polar surface area (TPSA) is 41.6 Å². The average Bonchev–Trinajstić information content (AvgIpc) is 2.95. The van der Waals surface area contributed by atoms with Gasteiger partial charge in [0.15, 0.2) is 5.82 Å². The fraction of sp³-hybridized carbons (Fsp3) is 0.125. The largest absolute Gasteiger partial charge is 0.258 e. The first kappa shape index (κ1) is 15.4. The first-order chi connectivity index (χ1) is 10.6. The lowest BCUT2D eigenvalue weighted by Gasteiger charge is -2.00. The maximum Gasteiger partial charge on any atom is 0.209 e. The van der Waals surface area contributed by atoms with Crippen molar-refractivity contribution in [1.82, 2.24) is 15.2 Å². The summed E-state index contributed by atoms with van der Waals surface area (Å²) < 4.78 is 0. The van der Waals surface area contributed by atoms with Crippen LogP contribution in [-0.4, -0.2) is 15.2 Å². The van der Waals surface area contributed by atoms with Gasteiger partial charge in [-0.25, -0.2) is 4.98 Å². The number of nitrogens with zero attached hydrogens (tertiary/aromatic N) is 2. The molecule has 112 valence electrons. The second kappa shape index (κ2) is 6.73. The monoisotopic (exact) mass is 349 g/mol. The van der Waals surface area contributed by atoms with E-state index in [1.807, 2.05) is 6.07 Å². The Bertz CT molecular complexity index is 784. The molecule has 1 heterocycles. The summed E-state index contributed by atoms with van der Waals surface area (Å²) in [4.78, 5) is 4.47. The second-order valence-corrected chi connectivity index (χ2v) is 6.65. The Kier molecular flexibility index (Phi) is 4.71. The van der Waals surface area contributed by atoms with E-state index in [0.717, 1.165) is 11.3 Å². The third kappa shape index (κ3) is 3.64. The summed E-state index contributed by atoms with van der Waals surface area (Å²) in [5, 5.41) is 8.99. The van der Waals surface area contributed by atoms with E-state index in [1.54, 1.807) is 23.9 Å². The summed E-state index contributed by atoms with van der Waals surface area (Å²) in [5.74, 6) is 1.47. The third-order valence-corrected chi connectivity index (χ3v) is 4.61. The zero-order valence-corrected chi connectivity index (χ0v) is 14.1. The molecular weight excluding hydrogens is 337 g/mol. The fourth-order valence-corrected chi connectivity index (χ4v) is 3.20. The summed E-state index contributed by atoms with van der Waals surface area (Å²) in [6.07, 6.45) is 0. The van der Waals surface area contributed by atoms with Crippen LogP contribution in [0.5, 0.6) is 0 Å². The molecule has 0 saturated heterocycles. The highest BCUT2D eigenvalue weighted by molar-refractivity contribution is 7.98. The van der Waals surface area contributed by atoms with Crippen LogP contribution in [0.1, 0.15) is 11.1 Å². The molecule has 0 radical (unpaired) electrons. The Hall–Kier alpha value is -1.49. The molecule has 6 heteroatoms. The molecule has 1 N–H and O–H groups in total. The van der Waals surface area contributed by atoms with Gasteiger partial charge in [0.25, 0.3) is 0 Å². The molecule has 0 unspecified atom stereocenters. The summed E-state index contributed by atoms with van der Waals surface area (Å²) >= 11 is 13.7. The number of H-pyrrole nitrogens is 1. The molecule has 0 fully saturated rings. The number of hydrogen-bond donors (Lipinski definition) is 1. The number of halogens is 2. The SMILES string of the molecule is Cc1ccc(CSc2n[nH]c(-c3ccc(Cl)cc3Cl)n2)cc1. The Morgan fingerprint density at radius 2 is 1.86 bits per heavy atom. The number of aromatic nitrogens is 3. The molecule has 0 amide bonds. The lowest BCUT2D eigenvalue weighted by molar-refractivity contribution is 0.973. The summed E-state index contributed by atoms with van der Waals surface area (Å²) in [6.45, 7) is 2.08. The summed E-state index contributed by atoms with van der Waals surface area (Å²) in [5.41, 5.74) is 3.29. The van der Waals surface area contributed by atoms with Crippen LogP contribution in [-0.2, 0) is 5.75 Å². The Morgan fingerprint density at radius 1 is 1.09 bits per heavy atom. The van der Waals surface area contributed by atoms with Crippen molar-refractivity contribution in [2.75, 3.05) is 0 Å². The van der Waals surface area contributed by atoms with E-state index in [-0.39, 0.29) is 0 Å². The van der Waals surface area contributed by atoms with Crippen LogP contribution in [0.15, 0.2) is 47.6 Å². The number of rotatable bonds is 4. The first-order valence-electron chi connectivity index (χ1n) is 6.68. The molecule has 2 aromatic carbocycles. The molecule has 0 atom stereocenters. The van der Waals surface area contributed by atoms with E-state index in [1.165, 1.54) is 11.1 Å². The number of nitrogens with one attached hydrogen (secondary N) is 1. The van der Waals surface area contributed by atoms with Crippen LogP contribution in [0, 0.1) is 6.92 Å². The van der Waals surface area contributed by atoms with Crippen molar-refractivity contribution in [3.05, 3.63) is 63.6 Å². The number of thioether (sulfide) groups is 1. The zero-order chi connectivity index (χ0) is 15.5. The smallest absolute Gasteiger partial charge is 0.209 e. The molecule has 22 heavy (non-hydrogen) atoms. The van der Waals surface area contributed by atoms with Gasteiger partial charge in [-0.2, -0.15) is 0 Å². The minimum Gasteiger partial charge on any atom is -0.258 e. The molecule has 3 nitrogen and oxygen atoms in total. The maximum atomic E-state index is 6.18. The quantitative estimate of drug-likeness (QED) is 0.643. The standard InChI is InChI=1S/C16H13Cl2N3S/c1-10-2-4-11(5-3-10)9-22-16-19-15(20-21-16)13-7-6-12(17)8-14(13)18/h2-8H,9H2,1H3,(H,19,20,21). The van der Waals surface area contributed by atoms with Gasteiger partial charge in [0.2, 0.25) is 5.16 Å². The zero-order valence-electron chi connectivity index (χ0n) is 11.8. The molecule has 0 aliphatic rings. The maximum absolute atomic E-state index is 6.18. The lowest BCUT2D eigenvalue weighted by atomic mass is 10.2. The van der Waals surface area contributed by atoms with E-state index in [0.29, 0.717) is 21.0 Å². The molecule has 1 aromatic heterocycles. The highest BCUT2D eigenvalue weighted by atomic mass is 35.5. The van der Waals surface area contributed by atoms with Gasteiger partial charge in [-0.05, 0) is 30.7 Å². The van der Waals surface area contributed by atoms with E-state index < -0.39 is 0 Å². The minimum atomic E-state index is 0.554. The lowest BCUT2D eigenvalue weighted by Crippen LogP contribution is -1.83. The van der Waals surface area contributed by atoms with Gasteiger partial charge in [0, 0.05) is 16.3 Å². The normalized spacial score (nSPS) is 10.9. The first-order valence-corrected chi connectivity index (χ1v) is 8.42. The van der Waals surface area contributed by atoms with E-state index in [9.17, 15) is 0 Å². The van der Waals surface area contributed by atoms with Crippen molar-refractivity contribution in [2.45, 2.75) is 17.8 Å². The van der Waals surface area contributed by atoms with Crippen LogP contribution >= 0.6 is 35.0 Å². The van der Waals surface area contributed by atoms with Crippen LogP contribution in [0.3, 0.4) is 0 Å². The van der Waals surface area contributed by atoms with Gasteiger partial charge in [-0.1, -0.05) is 64.8 Å². The van der Waals surface area contributed by atoms with Crippen molar-refractivity contribution in [3.8, 4) is 11.4 Å². The highest BCUT2D eigenvalue weighted by Crippen LogP contribution is 2.29. The van der Waals surface area contributed by atoms with Crippen LogP contribution in [0.25, 0.3) is 11.4 Å². The van der Waals surface area contributed by atoms with Gasteiger partial charge in [0.05, 0.1) is 5.02 Å². The van der Waals surface area contributed by atoms with Crippen molar-refractivity contribution in [1.29, 1.82) is 0 Å². The molecule has 0 aliphatic carbocycles. The number of aromatic amines is 1. The number of aryl methyl sites for hydroxylation is 1. The van der Waals surface area contributed by atoms with Crippen molar-refractivity contribution >= 4 is 35.0 Å². The number of hydrogen-bond acceptors (Lipinski definition) is 3. The van der Waals surface area contributed by atoms with Gasteiger partial charge < -0.3 is 0 Å². The molecule has 0 spiro atoms. The van der Waals surface area contributed by atoms with Crippen molar-refractivity contribution in [3.63, 3.8) is 0 Å². The predicted octanol–water partition coefficient (Wildman–Crippen LogP) is 5.38. The van der Waals surface area contributed by atoms with Gasteiger partial charge >= 0.3 is 0 Å². The van der Waals surface area contributed by atoms with Crippen molar-refractivity contribution in [2.24, 2.45) is 0 Å². The fourth-order valence-electron chi connectivity index (χ4n) is 1.95. The molecule has 0 aliphatic heterocycles. The van der Waals surface area contributed by atoms with Crippen LogP contribution in [0.4, 0.5) is 0 Å². The Labute approximate surface area is 143 Å². The minimum absolute atomic E-state index is 0.554. The van der Waals surface area contributed by atoms with Crippen molar-refractivity contribution < 1.29 is 0 Å². The van der Waals surface area contributed by atoms with Crippen LogP contribution < -0.4 is 0 Å². The molecule has 3 rings (SSSR count). The third-order valence-electron chi connectivity index (χ3n) is 3.14. The van der Waals surface area contributed by atoms with Gasteiger partial charge in [-0.3, -0.25) is 5.10 Å². The van der Waals surface area contributed by atoms with Gasteiger partial charge in [-0.15, -0.1) is 5.10 Å². The molecule has 3 aromatic rings. The number of benzene rings is 2. The summed E-state index contributed by atoms with van der Waals surface area (Å²) in [6, 6.07) is 13.8. The average molecular weight is 350 g/mol. The molecule has 0 saturated carbocycles. The summed E-state index contributed by atoms with van der Waals surface area (Å²) in [7, 11) is 0. The Balaban J connectivity index is 1.72. The van der Waals surface area contributed by atoms with E-state index in [2.05, 4.69) is 46.4 Å². The van der Waals surface area contributed by atoms with Crippen LogP contribution in [0.2, 0.25) is 10.0 Å². The van der Waals surface area contributed by atoms with Gasteiger partial charge in [0.1, 0.15) is 0 Å². The molecular formula is C16H13Cl2N3S. The highest BCUT2D eigenvalue weighted by Gasteiger charge is 2.10. The van der Waals surface area contributed by atoms with E-state index in [4.69, 9.17) is 23.2 Å². The molecule has 0 bridgehead atoms. The Morgan fingerprint density at radius 3 is 2.59 bits per heavy atom.